The summed E-state index contributed by atoms with van der Waals surface area (Å²) in [6.07, 6.45) is 0. The highest BCUT2D eigenvalue weighted by atomic mass is 32.2. The molecule has 0 radical (unpaired) electrons. The molecule has 1 heterocycles. The molecule has 0 bridgehead atoms. The van der Waals surface area contributed by atoms with Gasteiger partial charge in [-0.25, -0.2) is 18.5 Å². The molecule has 7 heteroatoms. The summed E-state index contributed by atoms with van der Waals surface area (Å²) in [4.78, 5) is 4.32. The van der Waals surface area contributed by atoms with Crippen LogP contribution in [0.1, 0.15) is 18.7 Å². The predicted octanol–water partition coefficient (Wildman–Crippen LogP) is 1.96. The maximum absolute atomic E-state index is 11.1. The van der Waals surface area contributed by atoms with E-state index in [4.69, 9.17) is 5.14 Å². The molecule has 0 aliphatic heterocycles. The highest BCUT2D eigenvalue weighted by molar-refractivity contribution is 7.89. The second kappa shape index (κ2) is 5.05. The van der Waals surface area contributed by atoms with E-state index in [1.807, 2.05) is 12.3 Å². The Kier molecular flexibility index (Phi) is 3.65. The minimum atomic E-state index is -3.63. The van der Waals surface area contributed by atoms with E-state index in [1.165, 1.54) is 23.5 Å². The van der Waals surface area contributed by atoms with Gasteiger partial charge >= 0.3 is 0 Å². The summed E-state index contributed by atoms with van der Waals surface area (Å²) in [7, 11) is -3.63. The molecule has 1 unspecified atom stereocenters. The molecule has 5 nitrogen and oxygen atoms in total. The van der Waals surface area contributed by atoms with E-state index in [-0.39, 0.29) is 10.9 Å². The Morgan fingerprint density at radius 2 is 2.00 bits per heavy atom. The number of anilines is 1. The van der Waals surface area contributed by atoms with E-state index in [0.29, 0.717) is 0 Å². The highest BCUT2D eigenvalue weighted by Crippen LogP contribution is 2.20. The van der Waals surface area contributed by atoms with Crippen molar-refractivity contribution in [3.05, 3.63) is 40.8 Å². The normalized spacial score (nSPS) is 13.2. The summed E-state index contributed by atoms with van der Waals surface area (Å²) < 4.78 is 22.2. The lowest BCUT2D eigenvalue weighted by Crippen LogP contribution is -2.12. The first-order valence-electron chi connectivity index (χ1n) is 5.24. The van der Waals surface area contributed by atoms with Crippen molar-refractivity contribution in [1.82, 2.24) is 4.98 Å². The summed E-state index contributed by atoms with van der Waals surface area (Å²) in [5.41, 5.74) is 3.55. The van der Waals surface area contributed by atoms with Gasteiger partial charge in [-0.1, -0.05) is 0 Å². The molecule has 96 valence electrons. The van der Waals surface area contributed by atoms with Crippen LogP contribution in [0.15, 0.2) is 40.1 Å². The number of rotatable bonds is 4. The largest absolute Gasteiger partial charge is 0.377 e. The van der Waals surface area contributed by atoms with Crippen LogP contribution in [-0.2, 0) is 10.0 Å². The molecule has 0 amide bonds. The molecule has 1 aromatic carbocycles. The Bertz CT molecular complexity index is 606. The van der Waals surface area contributed by atoms with Gasteiger partial charge in [-0.15, -0.1) is 11.3 Å². The van der Waals surface area contributed by atoms with E-state index in [2.05, 4.69) is 10.3 Å². The molecule has 1 aromatic heterocycles. The smallest absolute Gasteiger partial charge is 0.238 e. The Hall–Kier alpha value is -1.44. The zero-order valence-electron chi connectivity index (χ0n) is 9.70. The monoisotopic (exact) mass is 283 g/mol. The van der Waals surface area contributed by atoms with E-state index in [9.17, 15) is 8.42 Å². The first kappa shape index (κ1) is 13.0. The molecule has 0 aliphatic rings. The first-order valence-corrected chi connectivity index (χ1v) is 7.73. The number of thiazole rings is 1. The van der Waals surface area contributed by atoms with Crippen molar-refractivity contribution in [2.75, 3.05) is 5.32 Å². The number of hydrogen-bond donors (Lipinski definition) is 2. The maximum Gasteiger partial charge on any atom is 0.238 e. The number of nitrogens with one attached hydrogen (secondary N) is 1. The van der Waals surface area contributed by atoms with Crippen LogP contribution in [0.5, 0.6) is 0 Å². The standard InChI is InChI=1S/C11H13N3O2S2/c1-8(11-6-17-7-13-11)14-9-2-4-10(5-3-9)18(12,15)16/h2-8,14H,1H3,(H2,12,15,16). The second-order valence-electron chi connectivity index (χ2n) is 3.85. The van der Waals surface area contributed by atoms with E-state index in [1.54, 1.807) is 17.6 Å². The number of benzene rings is 1. The topological polar surface area (TPSA) is 85.1 Å². The number of aromatic nitrogens is 1. The molecular formula is C11H13N3O2S2. The second-order valence-corrected chi connectivity index (χ2v) is 6.13. The third-order valence-corrected chi connectivity index (χ3v) is 4.00. The molecule has 0 saturated carbocycles. The maximum atomic E-state index is 11.1. The minimum absolute atomic E-state index is 0.0663. The molecule has 18 heavy (non-hydrogen) atoms. The molecule has 0 spiro atoms. The summed E-state index contributed by atoms with van der Waals surface area (Å²) in [5, 5.41) is 10.2. The molecule has 0 fully saturated rings. The first-order chi connectivity index (χ1) is 8.47. The van der Waals surface area contributed by atoms with Crippen LogP contribution in [0.2, 0.25) is 0 Å². The van der Waals surface area contributed by atoms with Gasteiger partial charge < -0.3 is 5.32 Å². The van der Waals surface area contributed by atoms with E-state index < -0.39 is 10.0 Å². The van der Waals surface area contributed by atoms with E-state index >= 15 is 0 Å². The third kappa shape index (κ3) is 3.06. The molecule has 3 N–H and O–H groups in total. The van der Waals surface area contributed by atoms with Gasteiger partial charge in [-0.2, -0.15) is 0 Å². The fourth-order valence-corrected chi connectivity index (χ4v) is 2.66. The van der Waals surface area contributed by atoms with Crippen molar-refractivity contribution in [1.29, 1.82) is 0 Å². The van der Waals surface area contributed by atoms with Crippen LogP contribution in [0, 0.1) is 0 Å². The number of primary sulfonamides is 1. The molecule has 0 saturated heterocycles. The summed E-state index contributed by atoms with van der Waals surface area (Å²) >= 11 is 1.54. The lowest BCUT2D eigenvalue weighted by molar-refractivity contribution is 0.598. The quantitative estimate of drug-likeness (QED) is 0.898. The van der Waals surface area contributed by atoms with Crippen LogP contribution in [0.3, 0.4) is 0 Å². The van der Waals surface area contributed by atoms with Gasteiger partial charge in [0, 0.05) is 11.1 Å². The zero-order chi connectivity index (χ0) is 13.2. The summed E-state index contributed by atoms with van der Waals surface area (Å²) in [6.45, 7) is 1.99. The third-order valence-electron chi connectivity index (χ3n) is 2.46. The van der Waals surface area contributed by atoms with Gasteiger partial charge in [-0.3, -0.25) is 0 Å². The Labute approximate surface area is 110 Å². The highest BCUT2D eigenvalue weighted by Gasteiger charge is 2.09. The lowest BCUT2D eigenvalue weighted by atomic mass is 10.2. The van der Waals surface area contributed by atoms with Crippen molar-refractivity contribution in [2.24, 2.45) is 5.14 Å². The van der Waals surface area contributed by atoms with Gasteiger partial charge in [0.15, 0.2) is 0 Å². The molecule has 1 atom stereocenters. The Morgan fingerprint density at radius 3 is 2.50 bits per heavy atom. The molecular weight excluding hydrogens is 270 g/mol. The minimum Gasteiger partial charge on any atom is -0.377 e. The predicted molar refractivity (Wildman–Crippen MR) is 72.0 cm³/mol. The van der Waals surface area contributed by atoms with Crippen LogP contribution < -0.4 is 10.5 Å². The number of sulfonamides is 1. The fraction of sp³-hybridized carbons (Fsp3) is 0.182. The summed E-state index contributed by atoms with van der Waals surface area (Å²) in [6, 6.07) is 6.39. The number of hydrogen-bond acceptors (Lipinski definition) is 5. The fourth-order valence-electron chi connectivity index (χ4n) is 1.50. The number of nitrogens with two attached hydrogens (primary N) is 1. The SMILES string of the molecule is CC(Nc1ccc(S(N)(=O)=O)cc1)c1cscn1. The van der Waals surface area contributed by atoms with Crippen LogP contribution in [0.25, 0.3) is 0 Å². The van der Waals surface area contributed by atoms with Gasteiger partial charge in [0.1, 0.15) is 0 Å². The summed E-state index contributed by atoms with van der Waals surface area (Å²) in [5.74, 6) is 0. The lowest BCUT2D eigenvalue weighted by Gasteiger charge is -2.13. The Balaban J connectivity index is 2.12. The molecule has 2 rings (SSSR count). The molecule has 2 aromatic rings. The van der Waals surface area contributed by atoms with Gasteiger partial charge in [0.25, 0.3) is 0 Å². The van der Waals surface area contributed by atoms with Crippen molar-refractivity contribution < 1.29 is 8.42 Å². The van der Waals surface area contributed by atoms with Gasteiger partial charge in [0.05, 0.1) is 22.1 Å². The Morgan fingerprint density at radius 1 is 1.33 bits per heavy atom. The molecule has 0 aliphatic carbocycles. The van der Waals surface area contributed by atoms with Crippen LogP contribution in [0.4, 0.5) is 5.69 Å². The van der Waals surface area contributed by atoms with E-state index in [0.717, 1.165) is 11.4 Å². The number of nitrogens with zero attached hydrogens (tertiary/aromatic N) is 1. The van der Waals surface area contributed by atoms with Crippen molar-refractivity contribution in [3.63, 3.8) is 0 Å². The van der Waals surface area contributed by atoms with Gasteiger partial charge in [-0.05, 0) is 31.2 Å². The average Bonchev–Trinajstić information content (AvgIpc) is 2.82. The van der Waals surface area contributed by atoms with Gasteiger partial charge in [0.2, 0.25) is 10.0 Å². The van der Waals surface area contributed by atoms with Crippen molar-refractivity contribution in [2.45, 2.75) is 17.9 Å². The van der Waals surface area contributed by atoms with Crippen LogP contribution in [-0.4, -0.2) is 13.4 Å². The zero-order valence-corrected chi connectivity index (χ0v) is 11.3. The average molecular weight is 283 g/mol. The van der Waals surface area contributed by atoms with Crippen molar-refractivity contribution in [3.8, 4) is 0 Å². The van der Waals surface area contributed by atoms with Crippen molar-refractivity contribution >= 4 is 27.0 Å². The van der Waals surface area contributed by atoms with Crippen LogP contribution >= 0.6 is 11.3 Å².